The van der Waals surface area contributed by atoms with Crippen molar-refractivity contribution in [2.45, 2.75) is 45.7 Å². The Labute approximate surface area is 158 Å². The zero-order valence-electron chi connectivity index (χ0n) is 15.9. The van der Waals surface area contributed by atoms with E-state index in [0.29, 0.717) is 12.2 Å². The van der Waals surface area contributed by atoms with Crippen molar-refractivity contribution in [1.29, 1.82) is 0 Å². The molecule has 0 N–H and O–H groups in total. The van der Waals surface area contributed by atoms with Crippen LogP contribution >= 0.6 is 0 Å². The molecule has 2 aliphatic heterocycles. The fraction of sp³-hybridized carbons (Fsp3) is 0.500. The molecule has 0 radical (unpaired) electrons. The number of nitrogens with zero attached hydrogens (tertiary/aromatic N) is 5. The molecule has 27 heavy (non-hydrogen) atoms. The van der Waals surface area contributed by atoms with Crippen LogP contribution in [0.3, 0.4) is 0 Å². The molecule has 142 valence electrons. The number of aryl methyl sites for hydroxylation is 1. The lowest BCUT2D eigenvalue weighted by molar-refractivity contribution is -0.127. The first kappa shape index (κ1) is 17.9. The lowest BCUT2D eigenvalue weighted by Crippen LogP contribution is -2.58. The Hall–Kier alpha value is -2.54. The number of rotatable bonds is 4. The number of piperidine rings is 1. The van der Waals surface area contributed by atoms with Crippen molar-refractivity contribution in [2.75, 3.05) is 24.5 Å². The Kier molecular flexibility index (Phi) is 4.78. The summed E-state index contributed by atoms with van der Waals surface area (Å²) in [5.74, 6) is 0.146. The highest BCUT2D eigenvalue weighted by molar-refractivity contribution is 5.98. The highest BCUT2D eigenvalue weighted by atomic mass is 16.2. The summed E-state index contributed by atoms with van der Waals surface area (Å²) in [6.45, 7) is 6.82. The van der Waals surface area contributed by atoms with Gasteiger partial charge in [-0.25, -0.2) is 4.68 Å². The minimum absolute atomic E-state index is 0.0479. The summed E-state index contributed by atoms with van der Waals surface area (Å²) in [5.41, 5.74) is 3.52. The number of aromatic nitrogens is 3. The molecule has 7 heteroatoms. The second-order valence-electron chi connectivity index (χ2n) is 7.52. The van der Waals surface area contributed by atoms with Crippen molar-refractivity contribution >= 4 is 17.4 Å². The average Bonchev–Trinajstić information content (AvgIpc) is 3.12. The SMILES string of the molecule is CC(=O)c1cn(Cc2ccc(N3CCN4CCCCC4C3=O)c(C)c2)nn1. The van der Waals surface area contributed by atoms with Gasteiger partial charge in [-0.1, -0.05) is 23.8 Å². The number of hydrogen-bond acceptors (Lipinski definition) is 5. The van der Waals surface area contributed by atoms with E-state index in [1.807, 2.05) is 24.0 Å². The van der Waals surface area contributed by atoms with E-state index in [2.05, 4.69) is 21.3 Å². The maximum absolute atomic E-state index is 13.0. The molecule has 0 bridgehead atoms. The van der Waals surface area contributed by atoms with Crippen LogP contribution in [0.5, 0.6) is 0 Å². The van der Waals surface area contributed by atoms with Gasteiger partial charge in [0.05, 0.1) is 18.8 Å². The first-order valence-corrected chi connectivity index (χ1v) is 9.59. The maximum atomic E-state index is 13.0. The van der Waals surface area contributed by atoms with Crippen molar-refractivity contribution in [3.05, 3.63) is 41.2 Å². The van der Waals surface area contributed by atoms with E-state index in [1.165, 1.54) is 13.3 Å². The molecule has 7 nitrogen and oxygen atoms in total. The van der Waals surface area contributed by atoms with Crippen LogP contribution in [-0.2, 0) is 11.3 Å². The van der Waals surface area contributed by atoms with E-state index in [4.69, 9.17) is 0 Å². The second kappa shape index (κ2) is 7.23. The number of amides is 1. The van der Waals surface area contributed by atoms with E-state index < -0.39 is 0 Å². The number of carbonyl (C=O) groups excluding carboxylic acids is 2. The summed E-state index contributed by atoms with van der Waals surface area (Å²) < 4.78 is 1.66. The molecule has 1 aromatic heterocycles. The molecule has 1 amide bonds. The smallest absolute Gasteiger partial charge is 0.244 e. The zero-order chi connectivity index (χ0) is 19.0. The van der Waals surface area contributed by atoms with Gasteiger partial charge in [0.15, 0.2) is 5.78 Å². The molecule has 1 unspecified atom stereocenters. The van der Waals surface area contributed by atoms with Crippen molar-refractivity contribution < 1.29 is 9.59 Å². The third kappa shape index (κ3) is 3.51. The number of carbonyl (C=O) groups is 2. The minimum atomic E-state index is -0.0897. The Balaban J connectivity index is 1.51. The highest BCUT2D eigenvalue weighted by Gasteiger charge is 2.36. The number of benzene rings is 1. The number of anilines is 1. The monoisotopic (exact) mass is 367 g/mol. The van der Waals surface area contributed by atoms with Crippen molar-refractivity contribution in [2.24, 2.45) is 0 Å². The van der Waals surface area contributed by atoms with Crippen LogP contribution in [0, 0.1) is 6.92 Å². The van der Waals surface area contributed by atoms with Gasteiger partial charge in [0, 0.05) is 25.7 Å². The summed E-state index contributed by atoms with van der Waals surface area (Å²) in [5, 5.41) is 7.89. The third-order valence-corrected chi connectivity index (χ3v) is 5.57. The van der Waals surface area contributed by atoms with Crippen LogP contribution in [-0.4, -0.2) is 57.3 Å². The van der Waals surface area contributed by atoms with Crippen LogP contribution in [0.15, 0.2) is 24.4 Å². The largest absolute Gasteiger partial charge is 0.310 e. The Morgan fingerprint density at radius 2 is 2.07 bits per heavy atom. The molecule has 1 aromatic carbocycles. The van der Waals surface area contributed by atoms with Crippen LogP contribution in [0.2, 0.25) is 0 Å². The standard InChI is InChI=1S/C20H25N5O2/c1-14-11-16(12-24-13-17(15(2)26)21-22-24)6-7-18(14)25-10-9-23-8-4-3-5-19(23)20(25)27/h6-7,11,13,19H,3-5,8-10,12H2,1-2H3. The van der Waals surface area contributed by atoms with Crippen LogP contribution in [0.4, 0.5) is 5.69 Å². The average molecular weight is 367 g/mol. The number of Topliss-reactive ketones (excluding diaryl/α,β-unsaturated/α-hetero) is 1. The predicted molar refractivity (Wildman–Crippen MR) is 102 cm³/mol. The topological polar surface area (TPSA) is 71.3 Å². The first-order valence-electron chi connectivity index (χ1n) is 9.59. The summed E-state index contributed by atoms with van der Waals surface area (Å²) in [6, 6.07) is 6.19. The van der Waals surface area contributed by atoms with Gasteiger partial charge in [0.25, 0.3) is 0 Å². The van der Waals surface area contributed by atoms with E-state index in [0.717, 1.165) is 49.3 Å². The van der Waals surface area contributed by atoms with E-state index in [1.54, 1.807) is 10.9 Å². The van der Waals surface area contributed by atoms with Crippen molar-refractivity contribution in [3.63, 3.8) is 0 Å². The van der Waals surface area contributed by atoms with E-state index in [-0.39, 0.29) is 17.7 Å². The lowest BCUT2D eigenvalue weighted by Gasteiger charge is -2.43. The van der Waals surface area contributed by atoms with E-state index >= 15 is 0 Å². The minimum Gasteiger partial charge on any atom is -0.310 e. The summed E-state index contributed by atoms with van der Waals surface area (Å²) in [4.78, 5) is 28.6. The molecule has 0 aliphatic carbocycles. The molecule has 0 spiro atoms. The predicted octanol–water partition coefficient (Wildman–Crippen LogP) is 2.04. The summed E-state index contributed by atoms with van der Waals surface area (Å²) in [6.07, 6.45) is 4.97. The van der Waals surface area contributed by atoms with Gasteiger partial charge >= 0.3 is 0 Å². The molecule has 2 fully saturated rings. The molecule has 1 atom stereocenters. The summed E-state index contributed by atoms with van der Waals surface area (Å²) >= 11 is 0. The van der Waals surface area contributed by atoms with E-state index in [9.17, 15) is 9.59 Å². The lowest BCUT2D eigenvalue weighted by atomic mass is 9.97. The fourth-order valence-corrected chi connectivity index (χ4v) is 4.14. The van der Waals surface area contributed by atoms with Gasteiger partial charge in [-0.2, -0.15) is 0 Å². The number of piperazine rings is 1. The van der Waals surface area contributed by atoms with Gasteiger partial charge in [0.2, 0.25) is 5.91 Å². The van der Waals surface area contributed by atoms with Crippen LogP contribution in [0.25, 0.3) is 0 Å². The van der Waals surface area contributed by atoms with Gasteiger partial charge < -0.3 is 4.90 Å². The van der Waals surface area contributed by atoms with Crippen LogP contribution < -0.4 is 4.90 Å². The molecule has 2 aromatic rings. The quantitative estimate of drug-likeness (QED) is 0.774. The molecule has 2 saturated heterocycles. The fourth-order valence-electron chi connectivity index (χ4n) is 4.14. The molecule has 4 rings (SSSR count). The second-order valence-corrected chi connectivity index (χ2v) is 7.52. The van der Waals surface area contributed by atoms with Gasteiger partial charge in [-0.3, -0.25) is 14.5 Å². The Morgan fingerprint density at radius 3 is 2.81 bits per heavy atom. The van der Waals surface area contributed by atoms with Gasteiger partial charge in [-0.05, 0) is 43.5 Å². The normalized spacial score (nSPS) is 20.6. The number of ketones is 1. The van der Waals surface area contributed by atoms with Crippen molar-refractivity contribution in [1.82, 2.24) is 19.9 Å². The van der Waals surface area contributed by atoms with Gasteiger partial charge in [-0.15, -0.1) is 5.10 Å². The van der Waals surface area contributed by atoms with Crippen molar-refractivity contribution in [3.8, 4) is 0 Å². The first-order chi connectivity index (χ1) is 13.0. The summed E-state index contributed by atoms with van der Waals surface area (Å²) in [7, 11) is 0. The van der Waals surface area contributed by atoms with Crippen LogP contribution in [0.1, 0.15) is 47.8 Å². The highest BCUT2D eigenvalue weighted by Crippen LogP contribution is 2.28. The van der Waals surface area contributed by atoms with Gasteiger partial charge in [0.1, 0.15) is 5.69 Å². The molecular weight excluding hydrogens is 342 g/mol. The Morgan fingerprint density at radius 1 is 1.22 bits per heavy atom. The molecule has 2 aliphatic rings. The zero-order valence-corrected chi connectivity index (χ0v) is 15.9. The number of fused-ring (bicyclic) bond motifs is 1. The molecule has 3 heterocycles. The Bertz CT molecular complexity index is 875. The maximum Gasteiger partial charge on any atom is 0.244 e. The molecular formula is C20H25N5O2. The number of hydrogen-bond donors (Lipinski definition) is 0. The third-order valence-electron chi connectivity index (χ3n) is 5.57. The molecule has 0 saturated carbocycles.